The summed E-state index contributed by atoms with van der Waals surface area (Å²) in [6.07, 6.45) is 6.17. The highest BCUT2D eigenvalue weighted by molar-refractivity contribution is 6.10. The van der Waals surface area contributed by atoms with Crippen LogP contribution in [0.5, 0.6) is 0 Å². The van der Waals surface area contributed by atoms with Crippen molar-refractivity contribution in [2.75, 3.05) is 0 Å². The second-order valence-electron chi connectivity index (χ2n) is 3.45. The largest absolute Gasteiger partial charge is 0.360 e. The van der Waals surface area contributed by atoms with Gasteiger partial charge in [0, 0.05) is 40.3 Å². The fourth-order valence-corrected chi connectivity index (χ4v) is 1.89. The molecular formula is C12H8N2O. The maximum absolute atomic E-state index is 10.8. The van der Waals surface area contributed by atoms with E-state index < -0.39 is 0 Å². The monoisotopic (exact) mass is 196 g/mol. The molecule has 3 rings (SSSR count). The van der Waals surface area contributed by atoms with Crippen molar-refractivity contribution in [3.05, 3.63) is 42.4 Å². The van der Waals surface area contributed by atoms with E-state index in [0.717, 1.165) is 28.0 Å². The Morgan fingerprint density at radius 3 is 3.00 bits per heavy atom. The minimum absolute atomic E-state index is 0.698. The molecule has 0 aliphatic carbocycles. The summed E-state index contributed by atoms with van der Waals surface area (Å²) in [7, 11) is 0. The molecule has 0 saturated heterocycles. The number of carbonyl (C=O) groups is 1. The normalized spacial score (nSPS) is 10.9. The minimum Gasteiger partial charge on any atom is -0.360 e. The Bertz CT molecular complexity index is 655. The van der Waals surface area contributed by atoms with Gasteiger partial charge in [0.25, 0.3) is 0 Å². The molecule has 1 aromatic carbocycles. The smallest absolute Gasteiger partial charge is 0.152 e. The van der Waals surface area contributed by atoms with Gasteiger partial charge in [0.05, 0.1) is 5.52 Å². The first kappa shape index (κ1) is 8.17. The van der Waals surface area contributed by atoms with Gasteiger partial charge in [0.1, 0.15) is 0 Å². The first-order chi connectivity index (χ1) is 7.40. The van der Waals surface area contributed by atoms with Crippen molar-refractivity contribution >= 4 is 28.0 Å². The zero-order valence-corrected chi connectivity index (χ0v) is 7.90. The number of pyridine rings is 1. The van der Waals surface area contributed by atoms with Gasteiger partial charge in [0.15, 0.2) is 6.29 Å². The number of aromatic nitrogens is 2. The van der Waals surface area contributed by atoms with Crippen LogP contribution in [0.3, 0.4) is 0 Å². The molecule has 3 aromatic rings. The lowest BCUT2D eigenvalue weighted by Crippen LogP contribution is -1.78. The van der Waals surface area contributed by atoms with Crippen LogP contribution in [0.15, 0.2) is 36.8 Å². The Morgan fingerprint density at radius 1 is 1.20 bits per heavy atom. The van der Waals surface area contributed by atoms with E-state index in [9.17, 15) is 4.79 Å². The molecule has 0 fully saturated rings. The molecule has 15 heavy (non-hydrogen) atoms. The van der Waals surface area contributed by atoms with E-state index in [-0.39, 0.29) is 0 Å². The van der Waals surface area contributed by atoms with E-state index in [1.807, 2.05) is 24.4 Å². The Morgan fingerprint density at radius 2 is 2.13 bits per heavy atom. The molecule has 2 aromatic heterocycles. The van der Waals surface area contributed by atoms with Gasteiger partial charge in [-0.25, -0.2) is 0 Å². The highest BCUT2D eigenvalue weighted by Crippen LogP contribution is 2.25. The second kappa shape index (κ2) is 2.92. The number of aromatic amines is 1. The van der Waals surface area contributed by atoms with Gasteiger partial charge >= 0.3 is 0 Å². The van der Waals surface area contributed by atoms with Gasteiger partial charge in [-0.15, -0.1) is 0 Å². The number of H-pyrrole nitrogens is 1. The van der Waals surface area contributed by atoms with Crippen LogP contribution in [-0.2, 0) is 0 Å². The zero-order chi connectivity index (χ0) is 10.3. The predicted molar refractivity (Wildman–Crippen MR) is 59.0 cm³/mol. The molecule has 0 aliphatic rings. The highest BCUT2D eigenvalue weighted by Gasteiger charge is 2.05. The molecule has 0 bridgehead atoms. The Kier molecular flexibility index (Phi) is 1.59. The third-order valence-electron chi connectivity index (χ3n) is 2.63. The number of aldehydes is 1. The number of benzene rings is 1. The summed E-state index contributed by atoms with van der Waals surface area (Å²) >= 11 is 0. The first-order valence-electron chi connectivity index (χ1n) is 4.69. The molecule has 0 radical (unpaired) electrons. The quantitative estimate of drug-likeness (QED) is 0.608. The number of rotatable bonds is 1. The Balaban J connectivity index is 2.55. The predicted octanol–water partition coefficient (Wildman–Crippen LogP) is 2.53. The lowest BCUT2D eigenvalue weighted by atomic mass is 10.1. The van der Waals surface area contributed by atoms with E-state index >= 15 is 0 Å². The second-order valence-corrected chi connectivity index (χ2v) is 3.45. The maximum atomic E-state index is 10.8. The topological polar surface area (TPSA) is 45.8 Å². The van der Waals surface area contributed by atoms with Crippen molar-refractivity contribution in [1.82, 2.24) is 9.97 Å². The number of hydrogen-bond acceptors (Lipinski definition) is 2. The van der Waals surface area contributed by atoms with Crippen molar-refractivity contribution in [1.29, 1.82) is 0 Å². The molecule has 0 unspecified atom stereocenters. The summed E-state index contributed by atoms with van der Waals surface area (Å²) in [4.78, 5) is 18.0. The fourth-order valence-electron chi connectivity index (χ4n) is 1.89. The van der Waals surface area contributed by atoms with E-state index in [1.165, 1.54) is 0 Å². The maximum Gasteiger partial charge on any atom is 0.152 e. The van der Waals surface area contributed by atoms with E-state index in [4.69, 9.17) is 0 Å². The number of nitrogens with zero attached hydrogens (tertiary/aromatic N) is 1. The van der Waals surface area contributed by atoms with Crippen LogP contribution in [-0.4, -0.2) is 16.3 Å². The average Bonchev–Trinajstić information content (AvgIpc) is 2.72. The van der Waals surface area contributed by atoms with Crippen LogP contribution in [0.2, 0.25) is 0 Å². The molecule has 0 amide bonds. The molecule has 1 N–H and O–H groups in total. The van der Waals surface area contributed by atoms with Gasteiger partial charge < -0.3 is 4.98 Å². The average molecular weight is 196 g/mol. The molecular weight excluding hydrogens is 188 g/mol. The van der Waals surface area contributed by atoms with Gasteiger partial charge in [-0.3, -0.25) is 9.78 Å². The summed E-state index contributed by atoms with van der Waals surface area (Å²) in [5.41, 5.74) is 1.70. The lowest BCUT2D eigenvalue weighted by Gasteiger charge is -1.98. The van der Waals surface area contributed by atoms with Crippen LogP contribution in [0.4, 0.5) is 0 Å². The molecule has 3 nitrogen and oxygen atoms in total. The first-order valence-corrected chi connectivity index (χ1v) is 4.69. The molecule has 0 atom stereocenters. The Labute approximate surface area is 85.8 Å². The summed E-state index contributed by atoms with van der Waals surface area (Å²) in [5, 5.41) is 3.13. The standard InChI is InChI=1S/C12H8N2O/c15-7-9-6-14-12-10(9)2-1-8-5-13-4-3-11(8)12/h1-7,14H. The molecule has 2 heterocycles. The van der Waals surface area contributed by atoms with Gasteiger partial charge in [0.2, 0.25) is 0 Å². The summed E-state index contributed by atoms with van der Waals surface area (Å²) in [6.45, 7) is 0. The number of fused-ring (bicyclic) bond motifs is 3. The van der Waals surface area contributed by atoms with Crippen LogP contribution in [0, 0.1) is 0 Å². The number of nitrogens with one attached hydrogen (secondary N) is 1. The molecule has 0 spiro atoms. The third kappa shape index (κ3) is 1.06. The SMILES string of the molecule is O=Cc1c[nH]c2c1ccc1cnccc12. The minimum atomic E-state index is 0.698. The number of carbonyl (C=O) groups excluding carboxylic acids is 1. The molecule has 3 heteroatoms. The van der Waals surface area contributed by atoms with E-state index in [2.05, 4.69) is 9.97 Å². The van der Waals surface area contributed by atoms with Crippen molar-refractivity contribution < 1.29 is 4.79 Å². The van der Waals surface area contributed by atoms with Crippen LogP contribution < -0.4 is 0 Å². The van der Waals surface area contributed by atoms with Crippen LogP contribution >= 0.6 is 0 Å². The lowest BCUT2D eigenvalue weighted by molar-refractivity contribution is 0.112. The summed E-state index contributed by atoms with van der Waals surface area (Å²) in [5.74, 6) is 0. The van der Waals surface area contributed by atoms with E-state index in [1.54, 1.807) is 12.4 Å². The van der Waals surface area contributed by atoms with Gasteiger partial charge in [-0.2, -0.15) is 0 Å². The van der Waals surface area contributed by atoms with Crippen LogP contribution in [0.1, 0.15) is 10.4 Å². The zero-order valence-electron chi connectivity index (χ0n) is 7.90. The van der Waals surface area contributed by atoms with Crippen molar-refractivity contribution in [2.24, 2.45) is 0 Å². The van der Waals surface area contributed by atoms with Gasteiger partial charge in [-0.05, 0) is 6.07 Å². The molecule has 0 aliphatic heterocycles. The van der Waals surface area contributed by atoms with Crippen molar-refractivity contribution in [3.8, 4) is 0 Å². The summed E-state index contributed by atoms with van der Waals surface area (Å²) < 4.78 is 0. The highest BCUT2D eigenvalue weighted by atomic mass is 16.1. The van der Waals surface area contributed by atoms with Gasteiger partial charge in [-0.1, -0.05) is 12.1 Å². The molecule has 72 valence electrons. The fraction of sp³-hybridized carbons (Fsp3) is 0. The van der Waals surface area contributed by atoms with Crippen molar-refractivity contribution in [3.63, 3.8) is 0 Å². The molecule has 0 saturated carbocycles. The van der Waals surface area contributed by atoms with Crippen molar-refractivity contribution in [2.45, 2.75) is 0 Å². The summed E-state index contributed by atoms with van der Waals surface area (Å²) in [6, 6.07) is 5.87. The Hall–Kier alpha value is -2.16. The van der Waals surface area contributed by atoms with E-state index in [0.29, 0.717) is 5.56 Å². The van der Waals surface area contributed by atoms with Crippen LogP contribution in [0.25, 0.3) is 21.7 Å². The third-order valence-corrected chi connectivity index (χ3v) is 2.63. The number of hydrogen-bond donors (Lipinski definition) is 1.